The largest absolute Gasteiger partial charge is 0.481 e. The summed E-state index contributed by atoms with van der Waals surface area (Å²) in [6.45, 7) is 10.1. The summed E-state index contributed by atoms with van der Waals surface area (Å²) < 4.78 is 21.5. The molecule has 0 aliphatic carbocycles. The quantitative estimate of drug-likeness (QED) is 0.280. The number of carboxylic acids is 1. The second kappa shape index (κ2) is 16.9. The first-order chi connectivity index (χ1) is 13.2. The molecule has 27 heavy (non-hydrogen) atoms. The van der Waals surface area contributed by atoms with Crippen LogP contribution in [0.3, 0.4) is 0 Å². The maximum atomic E-state index is 10.5. The van der Waals surface area contributed by atoms with Gasteiger partial charge in [0.15, 0.2) is 0 Å². The average molecular weight is 386 g/mol. The summed E-state index contributed by atoms with van der Waals surface area (Å²) in [7, 11) is 0. The van der Waals surface area contributed by atoms with Gasteiger partial charge < -0.3 is 29.0 Å². The van der Waals surface area contributed by atoms with Crippen LogP contribution in [-0.2, 0) is 23.7 Å². The molecule has 0 saturated carbocycles. The molecule has 0 radical (unpaired) electrons. The zero-order valence-corrected chi connectivity index (χ0v) is 16.3. The highest BCUT2D eigenvalue weighted by Crippen LogP contribution is 2.03. The van der Waals surface area contributed by atoms with Crippen molar-refractivity contribution in [2.45, 2.75) is 12.8 Å². The first-order valence-corrected chi connectivity index (χ1v) is 9.63. The molecule has 0 amide bonds. The van der Waals surface area contributed by atoms with Crippen molar-refractivity contribution in [2.75, 3.05) is 92.1 Å². The maximum absolute atomic E-state index is 10.5. The molecule has 8 heteroatoms. The number of hydrogen-bond donors (Lipinski definition) is 1. The fourth-order valence-corrected chi connectivity index (χ4v) is 2.67. The fraction of sp³-hybridized carbons (Fsp3) is 0.842. The van der Waals surface area contributed by atoms with E-state index in [4.69, 9.17) is 30.5 Å². The SMILES string of the molecule is C#CCOCCOCCOCCOCCN1CCN(CCCC(=O)O)CC1. The van der Waals surface area contributed by atoms with Crippen LogP contribution in [0.4, 0.5) is 0 Å². The molecule has 0 aromatic heterocycles. The van der Waals surface area contributed by atoms with Gasteiger partial charge in [0.25, 0.3) is 0 Å². The van der Waals surface area contributed by atoms with Gasteiger partial charge in [-0.3, -0.25) is 9.69 Å². The highest BCUT2D eigenvalue weighted by atomic mass is 16.6. The first kappa shape index (κ1) is 23.8. The second-order valence-corrected chi connectivity index (χ2v) is 6.27. The van der Waals surface area contributed by atoms with Crippen molar-refractivity contribution < 1.29 is 28.8 Å². The summed E-state index contributed by atoms with van der Waals surface area (Å²) in [4.78, 5) is 15.2. The molecule has 0 unspecified atom stereocenters. The van der Waals surface area contributed by atoms with Crippen molar-refractivity contribution in [3.63, 3.8) is 0 Å². The monoisotopic (exact) mass is 386 g/mol. The van der Waals surface area contributed by atoms with Crippen LogP contribution in [0.2, 0.25) is 0 Å². The predicted molar refractivity (Wildman–Crippen MR) is 102 cm³/mol. The van der Waals surface area contributed by atoms with E-state index in [0.29, 0.717) is 52.9 Å². The lowest BCUT2D eigenvalue weighted by Crippen LogP contribution is -2.47. The number of hydrogen-bond acceptors (Lipinski definition) is 7. The predicted octanol–water partition coefficient (Wildman–Crippen LogP) is 0.168. The van der Waals surface area contributed by atoms with Gasteiger partial charge in [-0.25, -0.2) is 0 Å². The number of piperazine rings is 1. The van der Waals surface area contributed by atoms with E-state index in [9.17, 15) is 4.79 Å². The van der Waals surface area contributed by atoms with E-state index < -0.39 is 5.97 Å². The normalized spacial score (nSPS) is 15.7. The number of carbonyl (C=O) groups is 1. The highest BCUT2D eigenvalue weighted by molar-refractivity contribution is 5.66. The Morgan fingerprint density at radius 2 is 1.30 bits per heavy atom. The van der Waals surface area contributed by atoms with Crippen LogP contribution in [-0.4, -0.2) is 113 Å². The molecule has 156 valence electrons. The lowest BCUT2D eigenvalue weighted by molar-refractivity contribution is -0.137. The summed E-state index contributed by atoms with van der Waals surface area (Å²) in [6, 6.07) is 0. The topological polar surface area (TPSA) is 80.7 Å². The van der Waals surface area contributed by atoms with Crippen molar-refractivity contribution in [2.24, 2.45) is 0 Å². The molecule has 1 heterocycles. The van der Waals surface area contributed by atoms with Gasteiger partial charge in [-0.15, -0.1) is 6.42 Å². The number of terminal acetylenes is 1. The summed E-state index contributed by atoms with van der Waals surface area (Å²) in [5, 5.41) is 8.67. The van der Waals surface area contributed by atoms with E-state index >= 15 is 0 Å². The highest BCUT2D eigenvalue weighted by Gasteiger charge is 2.16. The van der Waals surface area contributed by atoms with Gasteiger partial charge >= 0.3 is 5.97 Å². The molecule has 1 aliphatic rings. The lowest BCUT2D eigenvalue weighted by atomic mass is 10.2. The minimum absolute atomic E-state index is 0.253. The van der Waals surface area contributed by atoms with Crippen LogP contribution in [0.15, 0.2) is 0 Å². The van der Waals surface area contributed by atoms with Crippen molar-refractivity contribution in [3.8, 4) is 12.3 Å². The van der Waals surface area contributed by atoms with Crippen molar-refractivity contribution >= 4 is 5.97 Å². The van der Waals surface area contributed by atoms with Gasteiger partial charge in [0, 0.05) is 39.1 Å². The third kappa shape index (κ3) is 14.5. The number of ether oxygens (including phenoxy) is 4. The number of aliphatic carboxylic acids is 1. The molecular weight excluding hydrogens is 352 g/mol. The van der Waals surface area contributed by atoms with Crippen molar-refractivity contribution in [3.05, 3.63) is 0 Å². The Bertz CT molecular complexity index is 407. The van der Waals surface area contributed by atoms with Crippen LogP contribution < -0.4 is 0 Å². The van der Waals surface area contributed by atoms with E-state index in [2.05, 4.69) is 15.7 Å². The number of carboxylic acid groups (broad SMARTS) is 1. The molecule has 0 aromatic rings. The van der Waals surface area contributed by atoms with Crippen LogP contribution >= 0.6 is 0 Å². The molecule has 1 N–H and O–H groups in total. The Morgan fingerprint density at radius 1 is 0.815 bits per heavy atom. The van der Waals surface area contributed by atoms with Crippen LogP contribution in [0.5, 0.6) is 0 Å². The third-order valence-corrected chi connectivity index (χ3v) is 4.18. The molecule has 1 fully saturated rings. The van der Waals surface area contributed by atoms with Gasteiger partial charge in [-0.05, 0) is 13.0 Å². The van der Waals surface area contributed by atoms with Crippen LogP contribution in [0.25, 0.3) is 0 Å². The Morgan fingerprint density at radius 3 is 1.81 bits per heavy atom. The molecule has 1 saturated heterocycles. The average Bonchev–Trinajstić information content (AvgIpc) is 2.66. The molecule has 0 bridgehead atoms. The van der Waals surface area contributed by atoms with E-state index in [1.807, 2.05) is 0 Å². The Hall–Kier alpha value is -1.21. The fourth-order valence-electron chi connectivity index (χ4n) is 2.67. The third-order valence-electron chi connectivity index (χ3n) is 4.18. The zero-order chi connectivity index (χ0) is 19.6. The van der Waals surface area contributed by atoms with Gasteiger partial charge in [0.05, 0.1) is 46.2 Å². The Labute approximate surface area is 162 Å². The summed E-state index contributed by atoms with van der Waals surface area (Å²) in [6.07, 6.45) is 6.04. The van der Waals surface area contributed by atoms with Crippen LogP contribution in [0, 0.1) is 12.3 Å². The van der Waals surface area contributed by atoms with Gasteiger partial charge in [0.1, 0.15) is 6.61 Å². The minimum atomic E-state index is -0.715. The van der Waals surface area contributed by atoms with Gasteiger partial charge in [-0.2, -0.15) is 0 Å². The molecule has 0 aromatic carbocycles. The van der Waals surface area contributed by atoms with Crippen LogP contribution in [0.1, 0.15) is 12.8 Å². The van der Waals surface area contributed by atoms with Crippen molar-refractivity contribution in [1.82, 2.24) is 9.80 Å². The smallest absolute Gasteiger partial charge is 0.303 e. The summed E-state index contributed by atoms with van der Waals surface area (Å²) >= 11 is 0. The molecule has 0 spiro atoms. The van der Waals surface area contributed by atoms with Crippen molar-refractivity contribution in [1.29, 1.82) is 0 Å². The Kier molecular flexibility index (Phi) is 14.9. The molecule has 0 atom stereocenters. The second-order valence-electron chi connectivity index (χ2n) is 6.27. The number of nitrogens with zero attached hydrogens (tertiary/aromatic N) is 2. The molecule has 1 aliphatic heterocycles. The molecule has 8 nitrogen and oxygen atoms in total. The molecule has 1 rings (SSSR count). The minimum Gasteiger partial charge on any atom is -0.481 e. The maximum Gasteiger partial charge on any atom is 0.303 e. The van der Waals surface area contributed by atoms with E-state index in [-0.39, 0.29) is 6.42 Å². The lowest BCUT2D eigenvalue weighted by Gasteiger charge is -2.34. The summed E-state index contributed by atoms with van der Waals surface area (Å²) in [5.74, 6) is 1.68. The van der Waals surface area contributed by atoms with E-state index in [1.54, 1.807) is 0 Å². The van der Waals surface area contributed by atoms with E-state index in [0.717, 1.165) is 45.7 Å². The number of rotatable bonds is 17. The van der Waals surface area contributed by atoms with Gasteiger partial charge in [-0.1, -0.05) is 5.92 Å². The molecular formula is C19H34N2O6. The standard InChI is InChI=1S/C19H34N2O6/c1-2-11-24-13-15-26-17-18-27-16-14-25-12-10-21-8-6-20(7-9-21)5-3-4-19(22)23/h1H,3-18H2,(H,22,23). The first-order valence-electron chi connectivity index (χ1n) is 9.63. The van der Waals surface area contributed by atoms with E-state index in [1.165, 1.54) is 0 Å². The summed E-state index contributed by atoms with van der Waals surface area (Å²) in [5.41, 5.74) is 0. The Balaban J connectivity index is 1.80. The zero-order valence-electron chi connectivity index (χ0n) is 16.3. The van der Waals surface area contributed by atoms with Gasteiger partial charge in [0.2, 0.25) is 0 Å².